The highest BCUT2D eigenvalue weighted by Gasteiger charge is 2.35. The molecular formula is C40H30N4O. The highest BCUT2D eigenvalue weighted by atomic mass is 16.5. The van der Waals surface area contributed by atoms with Gasteiger partial charge in [-0.2, -0.15) is 0 Å². The Morgan fingerprint density at radius 1 is 0.711 bits per heavy atom. The minimum absolute atomic E-state index is 0.120. The van der Waals surface area contributed by atoms with Crippen LogP contribution < -0.4 is 9.30 Å². The van der Waals surface area contributed by atoms with E-state index in [-0.39, 0.29) is 5.41 Å². The first-order valence-corrected chi connectivity index (χ1v) is 15.1. The van der Waals surface area contributed by atoms with Crippen LogP contribution in [0.5, 0.6) is 11.5 Å². The number of benzene rings is 5. The zero-order valence-corrected chi connectivity index (χ0v) is 24.8. The second-order valence-corrected chi connectivity index (χ2v) is 12.1. The molecule has 0 unspecified atom stereocenters. The Bertz CT molecular complexity index is 2580. The average Bonchev–Trinajstić information content (AvgIpc) is 3.71. The van der Waals surface area contributed by atoms with E-state index < -0.39 is 6.98 Å². The minimum atomic E-state index is -2.36. The summed E-state index contributed by atoms with van der Waals surface area (Å²) in [5, 5.41) is 2.25. The van der Waals surface area contributed by atoms with E-state index in [0.29, 0.717) is 17.0 Å². The van der Waals surface area contributed by atoms with Crippen molar-refractivity contribution in [2.75, 3.05) is 0 Å². The number of hydrogen-bond acceptors (Lipinski definition) is 2. The van der Waals surface area contributed by atoms with Crippen LogP contribution >= 0.6 is 0 Å². The molecule has 5 heteroatoms. The van der Waals surface area contributed by atoms with Crippen molar-refractivity contribution in [2.24, 2.45) is 6.98 Å². The number of fused-ring (bicyclic) bond motifs is 7. The Balaban J connectivity index is 1.15. The van der Waals surface area contributed by atoms with Crippen molar-refractivity contribution in [1.82, 2.24) is 14.1 Å². The third-order valence-electron chi connectivity index (χ3n) is 9.20. The van der Waals surface area contributed by atoms with Crippen LogP contribution in [0.2, 0.25) is 0 Å². The monoisotopic (exact) mass is 585 g/mol. The third kappa shape index (κ3) is 3.80. The summed E-state index contributed by atoms with van der Waals surface area (Å²) in [4.78, 5) is 5.05. The van der Waals surface area contributed by atoms with E-state index in [1.54, 1.807) is 10.6 Å². The van der Waals surface area contributed by atoms with Crippen molar-refractivity contribution < 1.29 is 13.4 Å². The molecule has 0 radical (unpaired) electrons. The molecule has 1 aliphatic rings. The SMILES string of the molecule is [2H]C([2H])([2H])[n+]1[c-]n(-c2cccc(Oc3ccc4c5ccccc5n(-c5cc6c(cn5)C(C)(C)c5ccccc5-6)c4c3)c2)c2ccccc21. The van der Waals surface area contributed by atoms with Crippen molar-refractivity contribution in [3.05, 3.63) is 145 Å². The normalized spacial score (nSPS) is 14.7. The molecule has 0 N–H and O–H groups in total. The molecule has 45 heavy (non-hydrogen) atoms. The lowest BCUT2D eigenvalue weighted by Gasteiger charge is -2.21. The molecule has 8 aromatic rings. The largest absolute Gasteiger partial charge is 0.458 e. The molecule has 1 aliphatic carbocycles. The molecule has 0 fully saturated rings. The molecule has 0 spiro atoms. The van der Waals surface area contributed by atoms with Gasteiger partial charge < -0.3 is 13.9 Å². The summed E-state index contributed by atoms with van der Waals surface area (Å²) in [6.07, 6.45) is 5.07. The van der Waals surface area contributed by atoms with Gasteiger partial charge in [0.25, 0.3) is 0 Å². The number of para-hydroxylation sites is 3. The van der Waals surface area contributed by atoms with Crippen molar-refractivity contribution in [3.8, 4) is 34.1 Å². The maximum atomic E-state index is 8.01. The molecule has 0 aliphatic heterocycles. The van der Waals surface area contributed by atoms with Gasteiger partial charge in [-0.25, -0.2) is 4.98 Å². The van der Waals surface area contributed by atoms with Crippen LogP contribution in [-0.4, -0.2) is 14.1 Å². The smallest absolute Gasteiger partial charge is 0.244 e. The summed E-state index contributed by atoms with van der Waals surface area (Å²) in [6.45, 7) is 2.17. The number of aromatic nitrogens is 4. The van der Waals surface area contributed by atoms with Crippen molar-refractivity contribution in [3.63, 3.8) is 0 Å². The van der Waals surface area contributed by atoms with E-state index in [9.17, 15) is 0 Å². The standard InChI is InChI=1S/C40H30N4O/c1-40(2)33-15-6-4-13-29(33)32-23-39(41-24-34(32)40)44-35-16-7-5-14-30(35)31-20-19-28(22-38(31)44)45-27-12-10-11-26(21-27)43-25-42(3)36-17-8-9-18-37(36)43/h4-24H,1-3H3/i3D3. The third-order valence-corrected chi connectivity index (χ3v) is 9.20. The molecule has 9 rings (SSSR count). The Labute approximate surface area is 265 Å². The van der Waals surface area contributed by atoms with Crippen LogP contribution in [-0.2, 0) is 12.4 Å². The van der Waals surface area contributed by atoms with Crippen LogP contribution in [0.3, 0.4) is 0 Å². The fraction of sp³-hybridized carbons (Fsp3) is 0.100. The Morgan fingerprint density at radius 2 is 1.49 bits per heavy atom. The van der Waals surface area contributed by atoms with Crippen LogP contribution in [0.1, 0.15) is 29.1 Å². The van der Waals surface area contributed by atoms with E-state index in [2.05, 4.69) is 91.5 Å². The fourth-order valence-corrected chi connectivity index (χ4v) is 7.03. The van der Waals surface area contributed by atoms with Crippen molar-refractivity contribution in [2.45, 2.75) is 19.3 Å². The molecule has 0 saturated carbocycles. The first kappa shape index (κ1) is 22.8. The van der Waals surface area contributed by atoms with Gasteiger partial charge in [-0.1, -0.05) is 92.7 Å². The van der Waals surface area contributed by atoms with Crippen LogP contribution in [0, 0.1) is 6.33 Å². The number of ether oxygens (including phenoxy) is 1. The molecule has 0 atom stereocenters. The number of hydrogen-bond donors (Lipinski definition) is 0. The lowest BCUT2D eigenvalue weighted by atomic mass is 9.83. The van der Waals surface area contributed by atoms with Gasteiger partial charge in [0, 0.05) is 28.5 Å². The Morgan fingerprint density at radius 3 is 2.40 bits per heavy atom. The highest BCUT2D eigenvalue weighted by molar-refractivity contribution is 6.09. The zero-order valence-electron chi connectivity index (χ0n) is 27.8. The van der Waals surface area contributed by atoms with Gasteiger partial charge in [0.15, 0.2) is 0 Å². The molecule has 5 nitrogen and oxygen atoms in total. The number of nitrogens with zero attached hydrogens (tertiary/aromatic N) is 4. The minimum Gasteiger partial charge on any atom is -0.458 e. The maximum absolute atomic E-state index is 8.01. The highest BCUT2D eigenvalue weighted by Crippen LogP contribution is 2.49. The Kier molecular flexibility index (Phi) is 4.77. The summed E-state index contributed by atoms with van der Waals surface area (Å²) in [6, 6.07) is 40.4. The maximum Gasteiger partial charge on any atom is 0.244 e. The first-order valence-electron chi connectivity index (χ1n) is 16.6. The van der Waals surface area contributed by atoms with Gasteiger partial charge >= 0.3 is 0 Å². The molecule has 216 valence electrons. The van der Waals surface area contributed by atoms with E-state index in [4.69, 9.17) is 13.8 Å². The van der Waals surface area contributed by atoms with Gasteiger partial charge in [-0.3, -0.25) is 4.57 Å². The van der Waals surface area contributed by atoms with E-state index in [1.165, 1.54) is 26.8 Å². The summed E-state index contributed by atoms with van der Waals surface area (Å²) < 4.78 is 35.7. The molecule has 0 bridgehead atoms. The predicted octanol–water partition coefficient (Wildman–Crippen LogP) is 8.85. The van der Waals surface area contributed by atoms with Gasteiger partial charge in [0.05, 0.1) is 38.8 Å². The molecule has 0 amide bonds. The molecule has 3 aromatic heterocycles. The van der Waals surface area contributed by atoms with Gasteiger partial charge in [0.1, 0.15) is 17.3 Å². The van der Waals surface area contributed by atoms with E-state index >= 15 is 0 Å². The second kappa shape index (κ2) is 9.41. The quantitative estimate of drug-likeness (QED) is 0.153. The van der Waals surface area contributed by atoms with Crippen LogP contribution in [0.25, 0.3) is 55.5 Å². The molecular weight excluding hydrogens is 552 g/mol. The van der Waals surface area contributed by atoms with Crippen LogP contribution in [0.4, 0.5) is 0 Å². The van der Waals surface area contributed by atoms with Gasteiger partial charge in [-0.15, -0.1) is 0 Å². The lowest BCUT2D eigenvalue weighted by molar-refractivity contribution is -0.649. The molecule has 5 aromatic carbocycles. The second-order valence-electron chi connectivity index (χ2n) is 12.1. The number of rotatable bonds is 4. The lowest BCUT2D eigenvalue weighted by Crippen LogP contribution is -2.26. The average molecular weight is 586 g/mol. The summed E-state index contributed by atoms with van der Waals surface area (Å²) >= 11 is 0. The van der Waals surface area contributed by atoms with Crippen molar-refractivity contribution in [1.29, 1.82) is 0 Å². The van der Waals surface area contributed by atoms with Crippen LogP contribution in [0.15, 0.2) is 128 Å². The van der Waals surface area contributed by atoms with Crippen molar-refractivity contribution >= 4 is 32.8 Å². The Hall–Kier alpha value is -5.68. The topological polar surface area (TPSA) is 35.9 Å². The van der Waals surface area contributed by atoms with E-state index in [1.807, 2.05) is 54.7 Å². The number of aryl methyl sites for hydroxylation is 1. The number of imidazole rings is 1. The van der Waals surface area contributed by atoms with Gasteiger partial charge in [-0.05, 0) is 58.7 Å². The zero-order chi connectivity index (χ0) is 32.8. The fourth-order valence-electron chi connectivity index (χ4n) is 7.03. The number of pyridine rings is 1. The first-order chi connectivity index (χ1) is 23.2. The summed E-state index contributed by atoms with van der Waals surface area (Å²) in [7, 11) is 0. The van der Waals surface area contributed by atoms with E-state index in [0.717, 1.165) is 38.8 Å². The van der Waals surface area contributed by atoms with Gasteiger partial charge in [0.2, 0.25) is 6.33 Å². The summed E-state index contributed by atoms with van der Waals surface area (Å²) in [5.41, 5.74) is 9.02. The molecule has 0 saturated heterocycles. The summed E-state index contributed by atoms with van der Waals surface area (Å²) in [5.74, 6) is 2.15. The predicted molar refractivity (Wildman–Crippen MR) is 180 cm³/mol. The molecule has 3 heterocycles.